The van der Waals surface area contributed by atoms with Crippen molar-refractivity contribution in [2.45, 2.75) is 51.4 Å². The van der Waals surface area contributed by atoms with Crippen LogP contribution in [0.25, 0.3) is 0 Å². The third-order valence-electron chi connectivity index (χ3n) is 4.58. The number of hydrogen-bond donors (Lipinski definition) is 2. The van der Waals surface area contributed by atoms with Crippen molar-refractivity contribution in [2.75, 3.05) is 33.2 Å². The molecule has 0 spiro atoms. The maximum absolute atomic E-state index is 11.9. The standard InChI is InChI=1S/C16H30N4O.HI/c1-17-16(19-13-14-7-5-8-14)18-10-6-12-20-11-4-2-3-9-15(20)21;/h14H,2-13H2,1H3,(H2,17,18,19);1H. The molecule has 22 heavy (non-hydrogen) atoms. The van der Waals surface area contributed by atoms with Gasteiger partial charge in [0.25, 0.3) is 0 Å². The molecule has 0 aromatic rings. The number of carbonyl (C=O) groups is 1. The van der Waals surface area contributed by atoms with Gasteiger partial charge in [-0.3, -0.25) is 9.79 Å². The van der Waals surface area contributed by atoms with Crippen molar-refractivity contribution >= 4 is 35.8 Å². The van der Waals surface area contributed by atoms with E-state index in [9.17, 15) is 4.79 Å². The highest BCUT2D eigenvalue weighted by molar-refractivity contribution is 14.0. The van der Waals surface area contributed by atoms with Crippen LogP contribution in [0.4, 0.5) is 0 Å². The Labute approximate surface area is 151 Å². The molecular weight excluding hydrogens is 391 g/mol. The van der Waals surface area contributed by atoms with E-state index in [2.05, 4.69) is 15.6 Å². The summed E-state index contributed by atoms with van der Waals surface area (Å²) in [5.74, 6) is 2.06. The predicted octanol–water partition coefficient (Wildman–Crippen LogP) is 2.36. The highest BCUT2D eigenvalue weighted by Crippen LogP contribution is 2.24. The number of carbonyl (C=O) groups excluding carboxylic acids is 1. The van der Waals surface area contributed by atoms with E-state index in [1.165, 1.54) is 25.7 Å². The summed E-state index contributed by atoms with van der Waals surface area (Å²) in [6, 6.07) is 0. The summed E-state index contributed by atoms with van der Waals surface area (Å²) >= 11 is 0. The minimum absolute atomic E-state index is 0. The number of guanidine groups is 1. The van der Waals surface area contributed by atoms with E-state index in [0.29, 0.717) is 5.91 Å². The summed E-state index contributed by atoms with van der Waals surface area (Å²) in [6.45, 7) is 3.71. The third kappa shape index (κ3) is 6.71. The predicted molar refractivity (Wildman–Crippen MR) is 102 cm³/mol. The molecule has 2 aliphatic rings. The van der Waals surface area contributed by atoms with E-state index in [1.54, 1.807) is 0 Å². The smallest absolute Gasteiger partial charge is 0.222 e. The van der Waals surface area contributed by atoms with Crippen molar-refractivity contribution in [3.8, 4) is 0 Å². The number of nitrogens with one attached hydrogen (secondary N) is 2. The highest BCUT2D eigenvalue weighted by atomic mass is 127. The summed E-state index contributed by atoms with van der Waals surface area (Å²) in [4.78, 5) is 18.2. The van der Waals surface area contributed by atoms with Crippen LogP contribution in [-0.4, -0.2) is 50.0 Å². The molecule has 1 saturated carbocycles. The molecule has 2 fully saturated rings. The van der Waals surface area contributed by atoms with Crippen LogP contribution in [0.5, 0.6) is 0 Å². The minimum Gasteiger partial charge on any atom is -0.356 e. The van der Waals surface area contributed by atoms with Crippen LogP contribution in [0.15, 0.2) is 4.99 Å². The Morgan fingerprint density at radius 3 is 2.73 bits per heavy atom. The summed E-state index contributed by atoms with van der Waals surface area (Å²) in [7, 11) is 1.81. The summed E-state index contributed by atoms with van der Waals surface area (Å²) < 4.78 is 0. The summed E-state index contributed by atoms with van der Waals surface area (Å²) in [6.07, 6.45) is 9.20. The molecule has 0 aromatic heterocycles. The van der Waals surface area contributed by atoms with Crippen molar-refractivity contribution < 1.29 is 4.79 Å². The molecule has 1 aliphatic carbocycles. The van der Waals surface area contributed by atoms with Crippen molar-refractivity contribution in [1.29, 1.82) is 0 Å². The van der Waals surface area contributed by atoms with Crippen molar-refractivity contribution in [3.05, 3.63) is 0 Å². The second-order valence-electron chi connectivity index (χ2n) is 6.22. The Morgan fingerprint density at radius 2 is 2.05 bits per heavy atom. The highest BCUT2D eigenvalue weighted by Gasteiger charge is 2.17. The topological polar surface area (TPSA) is 56.7 Å². The number of likely N-dealkylation sites (tertiary alicyclic amines) is 1. The van der Waals surface area contributed by atoms with E-state index in [0.717, 1.165) is 63.7 Å². The number of halogens is 1. The molecule has 0 radical (unpaired) electrons. The van der Waals surface area contributed by atoms with Gasteiger partial charge in [0.15, 0.2) is 5.96 Å². The number of nitrogens with zero attached hydrogens (tertiary/aromatic N) is 2. The molecule has 0 bridgehead atoms. The van der Waals surface area contributed by atoms with Gasteiger partial charge in [-0.25, -0.2) is 0 Å². The Balaban J connectivity index is 0.00000242. The zero-order valence-electron chi connectivity index (χ0n) is 13.8. The maximum atomic E-state index is 11.9. The first kappa shape index (κ1) is 19.5. The molecule has 0 aromatic carbocycles. The van der Waals surface area contributed by atoms with Crippen molar-refractivity contribution in [1.82, 2.24) is 15.5 Å². The molecule has 5 nitrogen and oxygen atoms in total. The zero-order chi connectivity index (χ0) is 14.9. The Morgan fingerprint density at radius 1 is 1.23 bits per heavy atom. The molecule has 1 saturated heterocycles. The first-order valence-electron chi connectivity index (χ1n) is 8.52. The van der Waals surface area contributed by atoms with Crippen LogP contribution < -0.4 is 10.6 Å². The fourth-order valence-electron chi connectivity index (χ4n) is 2.91. The average molecular weight is 422 g/mol. The molecule has 0 unspecified atom stereocenters. The third-order valence-corrected chi connectivity index (χ3v) is 4.58. The summed E-state index contributed by atoms with van der Waals surface area (Å²) in [5, 5.41) is 6.73. The first-order valence-corrected chi connectivity index (χ1v) is 8.52. The summed E-state index contributed by atoms with van der Waals surface area (Å²) in [5.41, 5.74) is 0. The molecule has 128 valence electrons. The molecule has 0 atom stereocenters. The van der Waals surface area contributed by atoms with Crippen LogP contribution in [0, 0.1) is 5.92 Å². The Hall–Kier alpha value is -0.530. The van der Waals surface area contributed by atoms with Crippen molar-refractivity contribution in [3.63, 3.8) is 0 Å². The van der Waals surface area contributed by atoms with E-state index in [-0.39, 0.29) is 24.0 Å². The SMILES string of the molecule is CN=C(NCCCN1CCCCCC1=O)NCC1CCC1.I. The van der Waals surface area contributed by atoms with Crippen LogP contribution in [0.2, 0.25) is 0 Å². The molecule has 2 rings (SSSR count). The molecule has 2 N–H and O–H groups in total. The molecule has 1 aliphatic heterocycles. The number of hydrogen-bond acceptors (Lipinski definition) is 2. The van der Waals surface area contributed by atoms with Gasteiger partial charge in [0.1, 0.15) is 0 Å². The molecule has 1 amide bonds. The van der Waals surface area contributed by atoms with Gasteiger partial charge in [-0.1, -0.05) is 12.8 Å². The van der Waals surface area contributed by atoms with Crippen LogP contribution in [0.1, 0.15) is 51.4 Å². The lowest BCUT2D eigenvalue weighted by atomic mass is 9.85. The molecule has 6 heteroatoms. The largest absolute Gasteiger partial charge is 0.356 e. The van der Waals surface area contributed by atoms with Gasteiger partial charge in [-0.05, 0) is 38.0 Å². The monoisotopic (exact) mass is 422 g/mol. The zero-order valence-corrected chi connectivity index (χ0v) is 16.1. The number of rotatable bonds is 6. The van der Waals surface area contributed by atoms with Crippen LogP contribution >= 0.6 is 24.0 Å². The fraction of sp³-hybridized carbons (Fsp3) is 0.875. The van der Waals surface area contributed by atoms with Gasteiger partial charge >= 0.3 is 0 Å². The lowest BCUT2D eigenvalue weighted by Gasteiger charge is -2.26. The first-order chi connectivity index (χ1) is 10.3. The van der Waals surface area contributed by atoms with E-state index >= 15 is 0 Å². The van der Waals surface area contributed by atoms with Gasteiger partial charge in [0.2, 0.25) is 5.91 Å². The maximum Gasteiger partial charge on any atom is 0.222 e. The average Bonchev–Trinajstić information content (AvgIpc) is 2.64. The second kappa shape index (κ2) is 11.1. The van der Waals surface area contributed by atoms with Crippen molar-refractivity contribution in [2.24, 2.45) is 10.9 Å². The Kier molecular flexibility index (Phi) is 9.82. The molecular formula is C16H31IN4O. The van der Waals surface area contributed by atoms with Gasteiger partial charge < -0.3 is 15.5 Å². The van der Waals surface area contributed by atoms with E-state index < -0.39 is 0 Å². The molecule has 1 heterocycles. The van der Waals surface area contributed by atoms with Gasteiger partial charge in [0.05, 0.1) is 0 Å². The van der Waals surface area contributed by atoms with Gasteiger partial charge in [-0.15, -0.1) is 24.0 Å². The lowest BCUT2D eigenvalue weighted by molar-refractivity contribution is -0.130. The number of amides is 1. The van der Waals surface area contributed by atoms with E-state index in [4.69, 9.17) is 0 Å². The second-order valence-corrected chi connectivity index (χ2v) is 6.22. The fourth-order valence-corrected chi connectivity index (χ4v) is 2.91. The minimum atomic E-state index is 0. The Bertz CT molecular complexity index is 358. The number of aliphatic imine (C=N–C) groups is 1. The lowest BCUT2D eigenvalue weighted by Crippen LogP contribution is -2.42. The quantitative estimate of drug-likeness (QED) is 0.299. The van der Waals surface area contributed by atoms with Crippen LogP contribution in [-0.2, 0) is 4.79 Å². The van der Waals surface area contributed by atoms with E-state index in [1.807, 2.05) is 11.9 Å². The van der Waals surface area contributed by atoms with Gasteiger partial charge in [-0.2, -0.15) is 0 Å². The van der Waals surface area contributed by atoms with Crippen LogP contribution in [0.3, 0.4) is 0 Å². The normalized spacial score (nSPS) is 20.0. The van der Waals surface area contributed by atoms with Gasteiger partial charge in [0, 0.05) is 39.6 Å².